The molecule has 0 aromatic heterocycles. The molecule has 33 heavy (non-hydrogen) atoms. The fourth-order valence-electron chi connectivity index (χ4n) is 5.59. The van der Waals surface area contributed by atoms with Crippen molar-refractivity contribution in [3.63, 3.8) is 0 Å². The topological polar surface area (TPSA) is 49.8 Å². The number of likely N-dealkylation sites (tertiary alicyclic amines) is 1. The molecule has 4 rings (SSSR count). The molecular weight excluding hydrogens is 410 g/mol. The van der Waals surface area contributed by atoms with Crippen molar-refractivity contribution in [1.82, 2.24) is 4.90 Å². The van der Waals surface area contributed by atoms with Crippen LogP contribution in [0.1, 0.15) is 92.4 Å². The highest BCUT2D eigenvalue weighted by Crippen LogP contribution is 2.36. The molecule has 178 valence electrons. The summed E-state index contributed by atoms with van der Waals surface area (Å²) in [6, 6.07) is 15.6. The molecule has 1 aliphatic heterocycles. The Balaban J connectivity index is 1.28. The van der Waals surface area contributed by atoms with Gasteiger partial charge in [0.15, 0.2) is 0 Å². The van der Waals surface area contributed by atoms with Crippen LogP contribution in [0.2, 0.25) is 0 Å². The number of carboxylic acid groups (broad SMARTS) is 1. The number of aliphatic carboxylic acids is 1. The van der Waals surface area contributed by atoms with Gasteiger partial charge in [-0.3, -0.25) is 4.79 Å². The first kappa shape index (κ1) is 23.8. The lowest BCUT2D eigenvalue weighted by Crippen LogP contribution is -2.34. The van der Waals surface area contributed by atoms with Gasteiger partial charge in [0, 0.05) is 6.54 Å². The van der Waals surface area contributed by atoms with E-state index >= 15 is 0 Å². The number of carboxylic acids is 1. The van der Waals surface area contributed by atoms with E-state index in [1.54, 1.807) is 5.56 Å². The molecule has 0 atom stereocenters. The van der Waals surface area contributed by atoms with Crippen molar-refractivity contribution in [1.29, 1.82) is 0 Å². The SMILES string of the molecule is CCc1cc(OCc2ccc(C3CCN(CCC(=O)O)CC3)cc2)ccc1C1CCCCC1. The average molecular weight is 450 g/mol. The summed E-state index contributed by atoms with van der Waals surface area (Å²) in [5.74, 6) is 1.57. The van der Waals surface area contributed by atoms with Crippen LogP contribution in [-0.2, 0) is 17.8 Å². The first-order valence-electron chi connectivity index (χ1n) is 12.9. The van der Waals surface area contributed by atoms with Gasteiger partial charge in [0.25, 0.3) is 0 Å². The van der Waals surface area contributed by atoms with Gasteiger partial charge >= 0.3 is 5.97 Å². The van der Waals surface area contributed by atoms with Crippen molar-refractivity contribution in [3.8, 4) is 5.75 Å². The molecule has 1 aliphatic carbocycles. The molecule has 0 amide bonds. The van der Waals surface area contributed by atoms with Crippen LogP contribution >= 0.6 is 0 Å². The van der Waals surface area contributed by atoms with Gasteiger partial charge in [-0.15, -0.1) is 0 Å². The molecule has 4 heteroatoms. The van der Waals surface area contributed by atoms with E-state index < -0.39 is 5.97 Å². The molecule has 1 saturated heterocycles. The van der Waals surface area contributed by atoms with Gasteiger partial charge in [0.05, 0.1) is 6.42 Å². The summed E-state index contributed by atoms with van der Waals surface area (Å²) >= 11 is 0. The van der Waals surface area contributed by atoms with Crippen LogP contribution in [0.15, 0.2) is 42.5 Å². The van der Waals surface area contributed by atoms with Crippen LogP contribution in [-0.4, -0.2) is 35.6 Å². The molecule has 2 aliphatic rings. The monoisotopic (exact) mass is 449 g/mol. The number of hydrogen-bond donors (Lipinski definition) is 1. The van der Waals surface area contributed by atoms with E-state index in [0.29, 0.717) is 19.1 Å². The number of benzene rings is 2. The molecule has 1 heterocycles. The first-order chi connectivity index (χ1) is 16.1. The Hall–Kier alpha value is -2.33. The fraction of sp³-hybridized carbons (Fsp3) is 0.552. The number of hydrogen-bond acceptors (Lipinski definition) is 3. The summed E-state index contributed by atoms with van der Waals surface area (Å²) in [7, 11) is 0. The number of aryl methyl sites for hydroxylation is 1. The van der Waals surface area contributed by atoms with Crippen molar-refractivity contribution in [2.45, 2.75) is 83.2 Å². The van der Waals surface area contributed by atoms with Gasteiger partial charge in [0.1, 0.15) is 12.4 Å². The molecule has 1 N–H and O–H groups in total. The van der Waals surface area contributed by atoms with Crippen LogP contribution in [0.4, 0.5) is 0 Å². The highest BCUT2D eigenvalue weighted by atomic mass is 16.5. The largest absolute Gasteiger partial charge is 0.489 e. The predicted octanol–water partition coefficient (Wildman–Crippen LogP) is 6.53. The Morgan fingerprint density at radius 3 is 2.36 bits per heavy atom. The number of piperidine rings is 1. The fourth-order valence-corrected chi connectivity index (χ4v) is 5.59. The first-order valence-corrected chi connectivity index (χ1v) is 12.9. The van der Waals surface area contributed by atoms with Crippen LogP contribution in [0, 0.1) is 0 Å². The van der Waals surface area contributed by atoms with Crippen LogP contribution < -0.4 is 4.74 Å². The Kier molecular flexibility index (Phi) is 8.44. The van der Waals surface area contributed by atoms with Crippen molar-refractivity contribution >= 4 is 5.97 Å². The molecule has 1 saturated carbocycles. The van der Waals surface area contributed by atoms with Crippen molar-refractivity contribution in [3.05, 3.63) is 64.7 Å². The van der Waals surface area contributed by atoms with Crippen molar-refractivity contribution in [2.75, 3.05) is 19.6 Å². The third kappa shape index (κ3) is 6.60. The maximum Gasteiger partial charge on any atom is 0.304 e. The van der Waals surface area contributed by atoms with Crippen LogP contribution in [0.3, 0.4) is 0 Å². The van der Waals surface area contributed by atoms with Gasteiger partial charge < -0.3 is 14.7 Å². The van der Waals surface area contributed by atoms with E-state index in [1.165, 1.54) is 48.8 Å². The average Bonchev–Trinajstić information content (AvgIpc) is 2.87. The summed E-state index contributed by atoms with van der Waals surface area (Å²) in [4.78, 5) is 13.1. The Bertz CT molecular complexity index is 894. The van der Waals surface area contributed by atoms with Gasteiger partial charge in [-0.1, -0.05) is 56.5 Å². The lowest BCUT2D eigenvalue weighted by Gasteiger charge is -2.31. The zero-order chi connectivity index (χ0) is 23.0. The van der Waals surface area contributed by atoms with E-state index in [4.69, 9.17) is 9.84 Å². The van der Waals surface area contributed by atoms with Crippen LogP contribution in [0.25, 0.3) is 0 Å². The van der Waals surface area contributed by atoms with Crippen molar-refractivity contribution in [2.24, 2.45) is 0 Å². The molecule has 2 aromatic rings. The minimum absolute atomic E-state index is 0.239. The lowest BCUT2D eigenvalue weighted by molar-refractivity contribution is -0.137. The van der Waals surface area contributed by atoms with E-state index in [-0.39, 0.29) is 6.42 Å². The Morgan fingerprint density at radius 2 is 1.70 bits per heavy atom. The minimum atomic E-state index is -0.707. The second-order valence-corrected chi connectivity index (χ2v) is 9.84. The Morgan fingerprint density at radius 1 is 0.970 bits per heavy atom. The van der Waals surface area contributed by atoms with Gasteiger partial charge in [-0.25, -0.2) is 0 Å². The number of nitrogens with zero attached hydrogens (tertiary/aromatic N) is 1. The van der Waals surface area contributed by atoms with Gasteiger partial charge in [-0.05, 0) is 91.4 Å². The molecule has 4 nitrogen and oxygen atoms in total. The summed E-state index contributed by atoms with van der Waals surface area (Å²) in [6.45, 7) is 5.49. The quantitative estimate of drug-likeness (QED) is 0.473. The summed E-state index contributed by atoms with van der Waals surface area (Å²) in [5.41, 5.74) is 5.58. The van der Waals surface area contributed by atoms with Gasteiger partial charge in [0.2, 0.25) is 0 Å². The number of ether oxygens (including phenoxy) is 1. The second-order valence-electron chi connectivity index (χ2n) is 9.84. The summed E-state index contributed by atoms with van der Waals surface area (Å²) < 4.78 is 6.17. The molecule has 0 radical (unpaired) electrons. The lowest BCUT2D eigenvalue weighted by atomic mass is 9.81. The summed E-state index contributed by atoms with van der Waals surface area (Å²) in [6.07, 6.45) is 10.3. The normalized spacial score (nSPS) is 18.3. The summed E-state index contributed by atoms with van der Waals surface area (Å²) in [5, 5.41) is 8.87. The van der Waals surface area contributed by atoms with E-state index in [1.807, 2.05) is 0 Å². The second kappa shape index (κ2) is 11.7. The number of carbonyl (C=O) groups is 1. The predicted molar refractivity (Wildman–Crippen MR) is 133 cm³/mol. The minimum Gasteiger partial charge on any atom is -0.489 e. The highest BCUT2D eigenvalue weighted by molar-refractivity contribution is 5.66. The van der Waals surface area contributed by atoms with Crippen molar-refractivity contribution < 1.29 is 14.6 Å². The van der Waals surface area contributed by atoms with Crippen LogP contribution in [0.5, 0.6) is 5.75 Å². The smallest absolute Gasteiger partial charge is 0.304 e. The van der Waals surface area contributed by atoms with Gasteiger partial charge in [-0.2, -0.15) is 0 Å². The maximum atomic E-state index is 10.8. The highest BCUT2D eigenvalue weighted by Gasteiger charge is 2.21. The third-order valence-corrected chi connectivity index (χ3v) is 7.63. The molecule has 0 spiro atoms. The molecular formula is C29H39NO3. The Labute approximate surface area is 199 Å². The van der Waals surface area contributed by atoms with E-state index in [0.717, 1.165) is 44.0 Å². The zero-order valence-electron chi connectivity index (χ0n) is 20.1. The van der Waals surface area contributed by atoms with E-state index in [9.17, 15) is 4.79 Å². The third-order valence-electron chi connectivity index (χ3n) is 7.63. The maximum absolute atomic E-state index is 10.8. The standard InChI is InChI=1S/C29H39NO3/c1-2-23-20-27(12-13-28(23)26-6-4-3-5-7-26)33-21-22-8-10-24(11-9-22)25-14-17-30(18-15-25)19-16-29(31)32/h8-13,20,25-26H,2-7,14-19,21H2,1H3,(H,31,32). The van der Waals surface area contributed by atoms with E-state index in [2.05, 4.69) is 54.3 Å². The number of rotatable bonds is 9. The molecule has 0 unspecified atom stereocenters. The molecule has 0 bridgehead atoms. The molecule has 2 fully saturated rings. The zero-order valence-corrected chi connectivity index (χ0v) is 20.1. The molecule has 2 aromatic carbocycles.